The molecule has 0 bridgehead atoms. The summed E-state index contributed by atoms with van der Waals surface area (Å²) < 4.78 is 47.7. The van der Waals surface area contributed by atoms with Gasteiger partial charge in [0, 0.05) is 29.7 Å². The van der Waals surface area contributed by atoms with Crippen molar-refractivity contribution in [1.29, 1.82) is 0 Å². The van der Waals surface area contributed by atoms with E-state index in [2.05, 4.69) is 4.98 Å². The number of rotatable bonds is 8. The maximum atomic E-state index is 12.1. The van der Waals surface area contributed by atoms with Gasteiger partial charge >= 0.3 is 0 Å². The zero-order valence-corrected chi connectivity index (χ0v) is 21.9. The fourth-order valence-electron chi connectivity index (χ4n) is 4.25. The quantitative estimate of drug-likeness (QED) is 0.314. The molecule has 0 aliphatic rings. The zero-order valence-electron chi connectivity index (χ0n) is 20.2. The lowest BCUT2D eigenvalue weighted by molar-refractivity contribution is -0.108. The minimum absolute atomic E-state index is 0.197. The topological polar surface area (TPSA) is 98.2 Å². The Morgan fingerprint density at radius 1 is 0.861 bits per heavy atom. The van der Waals surface area contributed by atoms with Crippen LogP contribution in [0.25, 0.3) is 22.0 Å². The highest BCUT2D eigenvalue weighted by molar-refractivity contribution is 7.91. The summed E-state index contributed by atoms with van der Waals surface area (Å²) in [5.74, 6) is -0.578. The number of carbonyl (C=O) groups is 1. The number of aldehydes is 1. The number of pyridine rings is 1. The Bertz CT molecular complexity index is 1640. The fourth-order valence-corrected chi connectivity index (χ4v) is 5.37. The molecule has 2 unspecified atom stereocenters. The second kappa shape index (κ2) is 9.95. The van der Waals surface area contributed by atoms with Gasteiger partial charge in [-0.1, -0.05) is 42.5 Å². The van der Waals surface area contributed by atoms with E-state index in [-0.39, 0.29) is 4.90 Å². The van der Waals surface area contributed by atoms with Crippen LogP contribution in [0.1, 0.15) is 29.5 Å². The van der Waals surface area contributed by atoms with Crippen LogP contribution in [0.5, 0.6) is 0 Å². The summed E-state index contributed by atoms with van der Waals surface area (Å²) in [4.78, 5) is 16.9. The average Bonchev–Trinajstić information content (AvgIpc) is 2.83. The third-order valence-electron chi connectivity index (χ3n) is 6.38. The van der Waals surface area contributed by atoms with Crippen LogP contribution in [0.2, 0.25) is 0 Å². The number of carbonyl (C=O) groups excluding carboxylic acids is 1. The molecule has 4 aromatic rings. The molecule has 8 heteroatoms. The van der Waals surface area contributed by atoms with Gasteiger partial charge in [0.2, 0.25) is 0 Å². The van der Waals surface area contributed by atoms with Gasteiger partial charge < -0.3 is 4.79 Å². The molecule has 0 saturated heterocycles. The number of hydrogen-bond donors (Lipinski definition) is 0. The van der Waals surface area contributed by atoms with Crippen LogP contribution >= 0.6 is 0 Å². The Balaban J connectivity index is 1.79. The molecule has 0 aliphatic heterocycles. The van der Waals surface area contributed by atoms with E-state index in [9.17, 15) is 21.6 Å². The van der Waals surface area contributed by atoms with E-state index in [1.807, 2.05) is 48.5 Å². The molecule has 0 fully saturated rings. The third-order valence-corrected chi connectivity index (χ3v) is 9.14. The first kappa shape index (κ1) is 25.7. The monoisotopic (exact) mass is 521 g/mol. The Morgan fingerprint density at radius 2 is 1.58 bits per heavy atom. The van der Waals surface area contributed by atoms with Crippen molar-refractivity contribution in [1.82, 2.24) is 4.98 Å². The van der Waals surface area contributed by atoms with Crippen LogP contribution in [0.15, 0.2) is 83.9 Å². The van der Waals surface area contributed by atoms with Crippen molar-refractivity contribution >= 4 is 36.9 Å². The molecule has 0 N–H and O–H groups in total. The molecule has 0 saturated carbocycles. The fraction of sp³-hybridized carbons (Fsp3) is 0.214. The van der Waals surface area contributed by atoms with Crippen LogP contribution in [-0.4, -0.2) is 45.9 Å². The average molecular weight is 522 g/mol. The van der Waals surface area contributed by atoms with Gasteiger partial charge in [0.1, 0.15) is 16.1 Å². The summed E-state index contributed by atoms with van der Waals surface area (Å²) in [7, 11) is -6.52. The molecule has 36 heavy (non-hydrogen) atoms. The van der Waals surface area contributed by atoms with Crippen LogP contribution in [0, 0.1) is 0 Å². The highest BCUT2D eigenvalue weighted by atomic mass is 32.2. The Kier molecular flexibility index (Phi) is 7.11. The highest BCUT2D eigenvalue weighted by Crippen LogP contribution is 2.33. The van der Waals surface area contributed by atoms with Crippen LogP contribution < -0.4 is 0 Å². The lowest BCUT2D eigenvalue weighted by Gasteiger charge is -2.16. The van der Waals surface area contributed by atoms with Gasteiger partial charge in [-0.3, -0.25) is 4.98 Å². The second-order valence-corrected chi connectivity index (χ2v) is 13.6. The van der Waals surface area contributed by atoms with Gasteiger partial charge in [0.15, 0.2) is 9.84 Å². The lowest BCUT2D eigenvalue weighted by Crippen LogP contribution is -2.18. The van der Waals surface area contributed by atoms with E-state index < -0.39 is 30.8 Å². The van der Waals surface area contributed by atoms with Crippen molar-refractivity contribution in [3.63, 3.8) is 0 Å². The number of fused-ring (bicyclic) bond motifs is 1. The van der Waals surface area contributed by atoms with E-state index in [4.69, 9.17) is 0 Å². The SMILES string of the molecule is CC(Cc1cc(-c2cccc(C(C=O)c3ccc(S(C)(=O)=O)cc3)c2)c2ncccc2c1)S(C)(=O)=O. The van der Waals surface area contributed by atoms with Crippen molar-refractivity contribution in [2.75, 3.05) is 12.5 Å². The van der Waals surface area contributed by atoms with Crippen LogP contribution in [-0.2, 0) is 30.9 Å². The van der Waals surface area contributed by atoms with E-state index >= 15 is 0 Å². The van der Waals surface area contributed by atoms with Crippen molar-refractivity contribution in [2.45, 2.75) is 29.4 Å². The van der Waals surface area contributed by atoms with Crippen molar-refractivity contribution in [2.24, 2.45) is 0 Å². The lowest BCUT2D eigenvalue weighted by atomic mass is 9.89. The molecule has 3 aromatic carbocycles. The van der Waals surface area contributed by atoms with E-state index in [1.165, 1.54) is 18.4 Å². The number of nitrogens with zero attached hydrogens (tertiary/aromatic N) is 1. The summed E-state index contributed by atoms with van der Waals surface area (Å²) in [5.41, 5.74) is 4.82. The number of sulfone groups is 2. The zero-order chi connectivity index (χ0) is 26.1. The molecule has 186 valence electrons. The van der Waals surface area contributed by atoms with Gasteiger partial charge in [-0.25, -0.2) is 16.8 Å². The number of benzene rings is 3. The highest BCUT2D eigenvalue weighted by Gasteiger charge is 2.19. The largest absolute Gasteiger partial charge is 0.302 e. The molecule has 0 amide bonds. The van der Waals surface area contributed by atoms with Gasteiger partial charge in [-0.15, -0.1) is 0 Å². The molecular weight excluding hydrogens is 494 g/mol. The number of aromatic nitrogens is 1. The summed E-state index contributed by atoms with van der Waals surface area (Å²) in [5, 5.41) is 0.375. The van der Waals surface area contributed by atoms with Crippen LogP contribution in [0.3, 0.4) is 0 Å². The Hall–Kier alpha value is -3.36. The van der Waals surface area contributed by atoms with Gasteiger partial charge in [-0.05, 0) is 65.9 Å². The first-order valence-electron chi connectivity index (χ1n) is 11.4. The minimum Gasteiger partial charge on any atom is -0.302 e. The van der Waals surface area contributed by atoms with Crippen molar-refractivity contribution < 1.29 is 21.6 Å². The maximum absolute atomic E-state index is 12.1. The first-order valence-corrected chi connectivity index (χ1v) is 15.2. The molecule has 1 heterocycles. The van der Waals surface area contributed by atoms with E-state index in [0.29, 0.717) is 12.0 Å². The standard InChI is InChI=1S/C28H27NO5S2/c1-19(35(2,31)32)14-20-15-24-8-5-13-29-28(24)26(16-20)22-6-4-7-23(17-22)27(18-30)21-9-11-25(12-10-21)36(3,33)34/h4-13,15-19,27H,14H2,1-3H3. The Labute approximate surface area is 211 Å². The first-order chi connectivity index (χ1) is 17.0. The maximum Gasteiger partial charge on any atom is 0.175 e. The van der Waals surface area contributed by atoms with E-state index in [0.717, 1.165) is 45.7 Å². The van der Waals surface area contributed by atoms with Crippen molar-refractivity contribution in [3.05, 3.63) is 95.7 Å². The van der Waals surface area contributed by atoms with E-state index in [1.54, 1.807) is 25.3 Å². The predicted octanol–water partition coefficient (Wildman–Crippen LogP) is 4.61. The van der Waals surface area contributed by atoms with Crippen molar-refractivity contribution in [3.8, 4) is 11.1 Å². The normalized spacial score (nSPS) is 13.9. The molecule has 0 spiro atoms. The Morgan fingerprint density at radius 3 is 2.22 bits per heavy atom. The summed E-state index contributed by atoms with van der Waals surface area (Å²) >= 11 is 0. The molecule has 1 aromatic heterocycles. The third kappa shape index (κ3) is 5.55. The van der Waals surface area contributed by atoms with Gasteiger partial charge in [0.25, 0.3) is 0 Å². The summed E-state index contributed by atoms with van der Waals surface area (Å²) in [6.45, 7) is 1.70. The molecular formula is C28H27NO5S2. The van der Waals surface area contributed by atoms with Crippen LogP contribution in [0.4, 0.5) is 0 Å². The number of hydrogen-bond acceptors (Lipinski definition) is 6. The molecule has 4 rings (SSSR count). The second-order valence-electron chi connectivity index (χ2n) is 9.14. The molecule has 6 nitrogen and oxygen atoms in total. The predicted molar refractivity (Wildman–Crippen MR) is 143 cm³/mol. The molecule has 0 aliphatic carbocycles. The van der Waals surface area contributed by atoms with Gasteiger partial charge in [-0.2, -0.15) is 0 Å². The van der Waals surface area contributed by atoms with Gasteiger partial charge in [0.05, 0.1) is 21.6 Å². The smallest absolute Gasteiger partial charge is 0.175 e. The minimum atomic E-state index is -3.34. The summed E-state index contributed by atoms with van der Waals surface area (Å²) in [6, 6.07) is 21.6. The summed E-state index contributed by atoms with van der Waals surface area (Å²) in [6.07, 6.45) is 5.32. The molecule has 0 radical (unpaired) electrons. The molecule has 2 atom stereocenters.